The fourth-order valence-electron chi connectivity index (χ4n) is 0.485. The van der Waals surface area contributed by atoms with Crippen LogP contribution in [0.25, 0.3) is 0 Å². The predicted molar refractivity (Wildman–Crippen MR) is 54.7 cm³/mol. The van der Waals surface area contributed by atoms with Crippen LogP contribution < -0.4 is 0 Å². The maximum atomic E-state index is 10.4. The zero-order valence-corrected chi connectivity index (χ0v) is 10.4. The summed E-state index contributed by atoms with van der Waals surface area (Å²) in [7, 11) is 0. The maximum Gasteiger partial charge on any atom is 0.340 e. The molecule has 1 aromatic heterocycles. The van der Waals surface area contributed by atoms with Crippen molar-refractivity contribution >= 4 is 54.8 Å². The van der Waals surface area contributed by atoms with Gasteiger partial charge in [0.1, 0.15) is 10.2 Å². The topological polar surface area (TPSA) is 63.1 Å². The second-order valence-corrected chi connectivity index (χ2v) is 3.11. The molecule has 0 aliphatic rings. The van der Waals surface area contributed by atoms with E-state index in [0.29, 0.717) is 4.73 Å². The molecule has 0 bridgehead atoms. The van der Waals surface area contributed by atoms with E-state index in [2.05, 4.69) is 41.8 Å². The van der Waals surface area contributed by atoms with E-state index in [0.717, 1.165) is 0 Å². The number of hydrogen-bond donors (Lipinski definition) is 1. The molecular weight excluding hydrogens is 360 g/mol. The van der Waals surface area contributed by atoms with Crippen LogP contribution in [0.1, 0.15) is 10.4 Å². The van der Waals surface area contributed by atoms with Crippen molar-refractivity contribution in [2.45, 2.75) is 0 Å². The van der Waals surface area contributed by atoms with Gasteiger partial charge in [0.05, 0.1) is 0 Å². The zero-order chi connectivity index (χ0) is 8.43. The van der Waals surface area contributed by atoms with E-state index < -0.39 is 5.97 Å². The number of hydrogen-bond acceptors (Lipinski definition) is 3. The Hall–Kier alpha value is -0.0100. The number of carboxylic acid groups (broad SMARTS) is 1. The molecule has 0 aliphatic heterocycles. The SMILES string of the molecule is Br.O=C(O)c1cnc(Br)nc1Br. The Kier molecular flexibility index (Phi) is 4.88. The van der Waals surface area contributed by atoms with Crippen molar-refractivity contribution in [1.82, 2.24) is 9.97 Å². The number of carboxylic acids is 1. The van der Waals surface area contributed by atoms with Gasteiger partial charge in [-0.3, -0.25) is 0 Å². The molecule has 0 aliphatic carbocycles. The second kappa shape index (κ2) is 4.88. The van der Waals surface area contributed by atoms with Crippen LogP contribution in [0.5, 0.6) is 0 Å². The van der Waals surface area contributed by atoms with Gasteiger partial charge in [-0.25, -0.2) is 14.8 Å². The van der Waals surface area contributed by atoms with Gasteiger partial charge in [-0.1, -0.05) is 0 Å². The molecule has 7 heteroatoms. The Morgan fingerprint density at radius 2 is 2.08 bits per heavy atom. The van der Waals surface area contributed by atoms with Gasteiger partial charge in [0.2, 0.25) is 0 Å². The molecular formula is C5H3Br3N2O2. The Bertz CT molecular complexity index is 305. The van der Waals surface area contributed by atoms with Gasteiger partial charge in [-0.2, -0.15) is 0 Å². The smallest absolute Gasteiger partial charge is 0.340 e. The minimum atomic E-state index is -1.05. The van der Waals surface area contributed by atoms with Crippen molar-refractivity contribution in [3.8, 4) is 0 Å². The lowest BCUT2D eigenvalue weighted by atomic mass is 10.4. The fourth-order valence-corrected chi connectivity index (χ4v) is 1.44. The summed E-state index contributed by atoms with van der Waals surface area (Å²) in [5.74, 6) is -1.05. The maximum absolute atomic E-state index is 10.4. The number of halogens is 3. The molecule has 0 amide bonds. The summed E-state index contributed by atoms with van der Waals surface area (Å²) >= 11 is 5.99. The van der Waals surface area contributed by atoms with Crippen LogP contribution in [-0.4, -0.2) is 21.0 Å². The van der Waals surface area contributed by atoms with Crippen molar-refractivity contribution in [1.29, 1.82) is 0 Å². The van der Waals surface area contributed by atoms with Gasteiger partial charge >= 0.3 is 5.97 Å². The van der Waals surface area contributed by atoms with Gasteiger partial charge in [0.25, 0.3) is 0 Å². The third kappa shape index (κ3) is 2.80. The van der Waals surface area contributed by atoms with Crippen LogP contribution in [0.3, 0.4) is 0 Å². The average Bonchev–Trinajstić information content (AvgIpc) is 1.85. The lowest BCUT2D eigenvalue weighted by Gasteiger charge is -1.95. The highest BCUT2D eigenvalue weighted by atomic mass is 79.9. The molecule has 1 aromatic rings. The standard InChI is InChI=1S/C5H2Br2N2O2.BrH/c6-3-2(4(10)11)1-8-5(7)9-3;/h1H,(H,10,11);1H. The Labute approximate surface area is 95.4 Å². The Balaban J connectivity index is 0.00000121. The number of aromatic carboxylic acids is 1. The van der Waals surface area contributed by atoms with E-state index >= 15 is 0 Å². The van der Waals surface area contributed by atoms with Crippen LogP contribution in [0.2, 0.25) is 0 Å². The van der Waals surface area contributed by atoms with Crippen molar-refractivity contribution in [2.75, 3.05) is 0 Å². The summed E-state index contributed by atoms with van der Waals surface area (Å²) in [6, 6.07) is 0. The van der Waals surface area contributed by atoms with E-state index in [-0.39, 0.29) is 27.1 Å². The first-order chi connectivity index (χ1) is 5.11. The molecule has 1 N–H and O–H groups in total. The van der Waals surface area contributed by atoms with E-state index in [1.807, 2.05) is 0 Å². The quantitative estimate of drug-likeness (QED) is 0.615. The first-order valence-electron chi connectivity index (χ1n) is 2.52. The monoisotopic (exact) mass is 360 g/mol. The molecule has 0 saturated carbocycles. The molecule has 4 nitrogen and oxygen atoms in total. The fraction of sp³-hybridized carbons (Fsp3) is 0. The van der Waals surface area contributed by atoms with Crippen LogP contribution in [0, 0.1) is 0 Å². The molecule has 0 radical (unpaired) electrons. The third-order valence-electron chi connectivity index (χ3n) is 0.943. The normalized spacial score (nSPS) is 8.83. The summed E-state index contributed by atoms with van der Waals surface area (Å²) in [5.41, 5.74) is 0.0493. The van der Waals surface area contributed by atoms with Gasteiger partial charge in [0.15, 0.2) is 4.73 Å². The largest absolute Gasteiger partial charge is 0.478 e. The van der Waals surface area contributed by atoms with Crippen molar-refractivity contribution in [3.63, 3.8) is 0 Å². The number of aromatic nitrogens is 2. The molecule has 0 fully saturated rings. The molecule has 0 aromatic carbocycles. The lowest BCUT2D eigenvalue weighted by Crippen LogP contribution is -2.00. The second-order valence-electron chi connectivity index (χ2n) is 1.65. The highest BCUT2D eigenvalue weighted by Crippen LogP contribution is 2.14. The molecule has 12 heavy (non-hydrogen) atoms. The van der Waals surface area contributed by atoms with Crippen molar-refractivity contribution < 1.29 is 9.90 Å². The summed E-state index contributed by atoms with van der Waals surface area (Å²) in [6.45, 7) is 0. The van der Waals surface area contributed by atoms with Gasteiger partial charge in [-0.15, -0.1) is 17.0 Å². The predicted octanol–water partition coefficient (Wildman–Crippen LogP) is 2.28. The summed E-state index contributed by atoms with van der Waals surface area (Å²) < 4.78 is 0.626. The summed E-state index contributed by atoms with van der Waals surface area (Å²) in [6.07, 6.45) is 1.23. The molecule has 66 valence electrons. The third-order valence-corrected chi connectivity index (χ3v) is 1.93. The molecule has 0 atom stereocenters. The lowest BCUT2D eigenvalue weighted by molar-refractivity contribution is 0.0695. The number of carbonyl (C=O) groups is 1. The van der Waals surface area contributed by atoms with Crippen molar-refractivity contribution in [2.24, 2.45) is 0 Å². The van der Waals surface area contributed by atoms with E-state index in [1.165, 1.54) is 6.20 Å². The molecule has 0 saturated heterocycles. The van der Waals surface area contributed by atoms with Crippen LogP contribution in [0.15, 0.2) is 15.5 Å². The van der Waals surface area contributed by atoms with Crippen molar-refractivity contribution in [3.05, 3.63) is 21.1 Å². The summed E-state index contributed by atoms with van der Waals surface area (Å²) in [4.78, 5) is 17.8. The van der Waals surface area contributed by atoms with E-state index in [4.69, 9.17) is 5.11 Å². The summed E-state index contributed by atoms with van der Waals surface area (Å²) in [5, 5.41) is 8.53. The minimum absolute atomic E-state index is 0. The van der Waals surface area contributed by atoms with E-state index in [1.54, 1.807) is 0 Å². The van der Waals surface area contributed by atoms with Crippen LogP contribution in [-0.2, 0) is 0 Å². The highest BCUT2D eigenvalue weighted by molar-refractivity contribution is 9.11. The Morgan fingerprint density at radius 1 is 1.50 bits per heavy atom. The zero-order valence-electron chi connectivity index (χ0n) is 5.49. The number of nitrogens with zero attached hydrogens (tertiary/aromatic N) is 2. The van der Waals surface area contributed by atoms with E-state index in [9.17, 15) is 4.79 Å². The van der Waals surface area contributed by atoms with Gasteiger partial charge in [0, 0.05) is 6.20 Å². The van der Waals surface area contributed by atoms with Gasteiger partial charge < -0.3 is 5.11 Å². The minimum Gasteiger partial charge on any atom is -0.478 e. The molecule has 1 rings (SSSR count). The van der Waals surface area contributed by atoms with Crippen LogP contribution >= 0.6 is 48.8 Å². The first-order valence-corrected chi connectivity index (χ1v) is 4.11. The highest BCUT2D eigenvalue weighted by Gasteiger charge is 2.09. The molecule has 0 unspecified atom stereocenters. The number of rotatable bonds is 1. The van der Waals surface area contributed by atoms with Crippen LogP contribution in [0.4, 0.5) is 0 Å². The molecule has 0 spiro atoms. The molecule has 1 heterocycles. The Morgan fingerprint density at radius 3 is 2.50 bits per heavy atom. The first kappa shape index (κ1) is 12.0. The van der Waals surface area contributed by atoms with Gasteiger partial charge in [-0.05, 0) is 31.9 Å². The average molecular weight is 363 g/mol.